The van der Waals surface area contributed by atoms with E-state index in [2.05, 4.69) is 65.1 Å². The summed E-state index contributed by atoms with van der Waals surface area (Å²) in [5.41, 5.74) is 2.70. The fourth-order valence-electron chi connectivity index (χ4n) is 2.71. The topological polar surface area (TPSA) is 24.5 Å². The van der Waals surface area contributed by atoms with Crippen LogP contribution < -0.4 is 10.2 Å². The zero-order valence-corrected chi connectivity index (χ0v) is 14.9. The monoisotopic (exact) mass is 354 g/mol. The number of benzene rings is 1. The lowest BCUT2D eigenvalue weighted by Gasteiger charge is -2.27. The molecule has 4 heteroatoms. The molecule has 0 aromatic heterocycles. The number of nitrogens with zero attached hydrogens (tertiary/aromatic N) is 1. The van der Waals surface area contributed by atoms with Gasteiger partial charge in [0.2, 0.25) is 0 Å². The molecule has 1 aliphatic rings. The molecule has 1 atom stereocenters. The van der Waals surface area contributed by atoms with Crippen molar-refractivity contribution in [3.8, 4) is 0 Å². The molecule has 1 saturated heterocycles. The Balaban J connectivity index is 2.13. The fourth-order valence-corrected chi connectivity index (χ4v) is 3.12. The minimum absolute atomic E-state index is 0.299. The number of rotatable bonds is 5. The molecule has 1 heterocycles. The van der Waals surface area contributed by atoms with Crippen molar-refractivity contribution in [1.29, 1.82) is 0 Å². The van der Waals surface area contributed by atoms with Crippen LogP contribution in [0.2, 0.25) is 0 Å². The van der Waals surface area contributed by atoms with Gasteiger partial charge >= 0.3 is 0 Å². The van der Waals surface area contributed by atoms with E-state index in [1.807, 2.05) is 0 Å². The van der Waals surface area contributed by atoms with Crippen LogP contribution in [0.1, 0.15) is 32.8 Å². The van der Waals surface area contributed by atoms with Crippen molar-refractivity contribution < 1.29 is 4.74 Å². The number of halogens is 1. The molecule has 1 unspecified atom stereocenters. The van der Waals surface area contributed by atoms with E-state index in [1.54, 1.807) is 0 Å². The van der Waals surface area contributed by atoms with E-state index in [-0.39, 0.29) is 0 Å². The van der Waals surface area contributed by atoms with E-state index >= 15 is 0 Å². The van der Waals surface area contributed by atoms with Crippen LogP contribution in [-0.2, 0) is 11.3 Å². The minimum Gasteiger partial charge on any atom is -0.377 e. The average molecular weight is 355 g/mol. The van der Waals surface area contributed by atoms with Crippen molar-refractivity contribution in [3.05, 3.63) is 28.2 Å². The first-order valence-corrected chi connectivity index (χ1v) is 8.71. The SMILES string of the molecule is CC(C)CNCc1cc(Br)ccc1N1CCCOC(C)C1. The molecule has 21 heavy (non-hydrogen) atoms. The number of hydrogen-bond acceptors (Lipinski definition) is 3. The van der Waals surface area contributed by atoms with Crippen molar-refractivity contribution in [2.75, 3.05) is 31.1 Å². The van der Waals surface area contributed by atoms with Gasteiger partial charge in [-0.3, -0.25) is 0 Å². The third-order valence-corrected chi connectivity index (χ3v) is 4.20. The Labute approximate surface area is 137 Å². The zero-order chi connectivity index (χ0) is 15.2. The Kier molecular flexibility index (Phi) is 6.52. The summed E-state index contributed by atoms with van der Waals surface area (Å²) in [6, 6.07) is 6.60. The van der Waals surface area contributed by atoms with Crippen LogP contribution in [0.4, 0.5) is 5.69 Å². The van der Waals surface area contributed by atoms with Gasteiger partial charge in [-0.1, -0.05) is 29.8 Å². The van der Waals surface area contributed by atoms with Gasteiger partial charge in [-0.15, -0.1) is 0 Å². The van der Waals surface area contributed by atoms with E-state index in [0.29, 0.717) is 12.0 Å². The van der Waals surface area contributed by atoms with E-state index in [4.69, 9.17) is 4.74 Å². The molecule has 0 amide bonds. The van der Waals surface area contributed by atoms with Crippen molar-refractivity contribution in [1.82, 2.24) is 5.32 Å². The maximum Gasteiger partial charge on any atom is 0.0721 e. The Bertz CT molecular complexity index is 450. The predicted molar refractivity (Wildman–Crippen MR) is 92.9 cm³/mol. The molecule has 0 spiro atoms. The second-order valence-corrected chi connectivity index (χ2v) is 7.19. The van der Waals surface area contributed by atoms with Crippen LogP contribution >= 0.6 is 15.9 Å². The molecule has 1 fully saturated rings. The van der Waals surface area contributed by atoms with Crippen molar-refractivity contribution in [3.63, 3.8) is 0 Å². The molecule has 1 aromatic carbocycles. The van der Waals surface area contributed by atoms with Gasteiger partial charge in [-0.2, -0.15) is 0 Å². The van der Waals surface area contributed by atoms with Crippen molar-refractivity contribution in [2.45, 2.75) is 39.8 Å². The second-order valence-electron chi connectivity index (χ2n) is 6.28. The lowest BCUT2D eigenvalue weighted by Crippen LogP contribution is -2.31. The number of ether oxygens (including phenoxy) is 1. The van der Waals surface area contributed by atoms with E-state index in [0.717, 1.165) is 43.7 Å². The van der Waals surface area contributed by atoms with Gasteiger partial charge in [-0.25, -0.2) is 0 Å². The zero-order valence-electron chi connectivity index (χ0n) is 13.4. The highest BCUT2D eigenvalue weighted by Crippen LogP contribution is 2.26. The molecule has 2 rings (SSSR count). The van der Waals surface area contributed by atoms with Gasteiger partial charge in [0.1, 0.15) is 0 Å². The Morgan fingerprint density at radius 3 is 3.00 bits per heavy atom. The summed E-state index contributed by atoms with van der Waals surface area (Å²) < 4.78 is 6.91. The van der Waals surface area contributed by atoms with E-state index in [9.17, 15) is 0 Å². The van der Waals surface area contributed by atoms with Gasteiger partial charge in [-0.05, 0) is 49.6 Å². The second kappa shape index (κ2) is 8.16. The number of hydrogen-bond donors (Lipinski definition) is 1. The Morgan fingerprint density at radius 2 is 2.24 bits per heavy atom. The van der Waals surface area contributed by atoms with Gasteiger partial charge in [0.15, 0.2) is 0 Å². The quantitative estimate of drug-likeness (QED) is 0.869. The van der Waals surface area contributed by atoms with Crippen LogP contribution in [0.25, 0.3) is 0 Å². The lowest BCUT2D eigenvalue weighted by molar-refractivity contribution is 0.0821. The molecular formula is C17H27BrN2O. The van der Waals surface area contributed by atoms with Crippen LogP contribution in [0.5, 0.6) is 0 Å². The summed E-state index contributed by atoms with van der Waals surface area (Å²) in [4.78, 5) is 2.47. The average Bonchev–Trinajstić information content (AvgIpc) is 2.63. The largest absolute Gasteiger partial charge is 0.377 e. The first-order chi connectivity index (χ1) is 10.1. The molecular weight excluding hydrogens is 328 g/mol. The maximum atomic E-state index is 5.76. The molecule has 0 aliphatic carbocycles. The van der Waals surface area contributed by atoms with Gasteiger partial charge in [0.05, 0.1) is 6.10 Å². The number of anilines is 1. The first-order valence-electron chi connectivity index (χ1n) is 7.92. The minimum atomic E-state index is 0.299. The summed E-state index contributed by atoms with van der Waals surface area (Å²) in [6.07, 6.45) is 1.40. The summed E-state index contributed by atoms with van der Waals surface area (Å²) in [5, 5.41) is 3.56. The molecule has 1 aliphatic heterocycles. The van der Waals surface area contributed by atoms with E-state index in [1.165, 1.54) is 11.3 Å². The van der Waals surface area contributed by atoms with Crippen LogP contribution in [0, 0.1) is 5.92 Å². The summed E-state index contributed by atoms with van der Waals surface area (Å²) in [7, 11) is 0. The standard InChI is InChI=1S/C17H27BrN2O/c1-13(2)10-19-11-15-9-16(18)5-6-17(15)20-7-4-8-21-14(3)12-20/h5-6,9,13-14,19H,4,7-8,10-12H2,1-3H3. The molecule has 0 radical (unpaired) electrons. The molecule has 118 valence electrons. The van der Waals surface area contributed by atoms with Gasteiger partial charge in [0, 0.05) is 36.4 Å². The summed E-state index contributed by atoms with van der Waals surface area (Å²) in [5.74, 6) is 0.673. The highest BCUT2D eigenvalue weighted by Gasteiger charge is 2.18. The smallest absolute Gasteiger partial charge is 0.0721 e. The number of nitrogens with one attached hydrogen (secondary N) is 1. The Hall–Kier alpha value is -0.580. The van der Waals surface area contributed by atoms with Gasteiger partial charge < -0.3 is 15.0 Å². The maximum absolute atomic E-state index is 5.76. The highest BCUT2D eigenvalue weighted by atomic mass is 79.9. The van der Waals surface area contributed by atoms with E-state index < -0.39 is 0 Å². The Morgan fingerprint density at radius 1 is 1.43 bits per heavy atom. The van der Waals surface area contributed by atoms with Crippen LogP contribution in [-0.4, -0.2) is 32.3 Å². The molecule has 1 N–H and O–H groups in total. The molecule has 1 aromatic rings. The normalized spacial score (nSPS) is 19.9. The van der Waals surface area contributed by atoms with Crippen LogP contribution in [0.3, 0.4) is 0 Å². The summed E-state index contributed by atoms with van der Waals surface area (Å²) >= 11 is 3.60. The third-order valence-electron chi connectivity index (χ3n) is 3.70. The van der Waals surface area contributed by atoms with Crippen molar-refractivity contribution in [2.24, 2.45) is 5.92 Å². The predicted octanol–water partition coefficient (Wildman–Crippen LogP) is 3.81. The molecule has 0 bridgehead atoms. The van der Waals surface area contributed by atoms with Crippen molar-refractivity contribution >= 4 is 21.6 Å². The third kappa shape index (κ3) is 5.28. The highest BCUT2D eigenvalue weighted by molar-refractivity contribution is 9.10. The lowest BCUT2D eigenvalue weighted by atomic mass is 10.1. The first kappa shape index (κ1) is 16.8. The molecule has 3 nitrogen and oxygen atoms in total. The fraction of sp³-hybridized carbons (Fsp3) is 0.647. The molecule has 0 saturated carbocycles. The van der Waals surface area contributed by atoms with Crippen LogP contribution in [0.15, 0.2) is 22.7 Å². The summed E-state index contributed by atoms with van der Waals surface area (Å²) in [6.45, 7) is 11.5. The van der Waals surface area contributed by atoms with Gasteiger partial charge in [0.25, 0.3) is 0 Å².